The van der Waals surface area contributed by atoms with E-state index in [1.165, 1.54) is 39.1 Å². The minimum Gasteiger partial charge on any atom is -0.465 e. The van der Waals surface area contributed by atoms with Gasteiger partial charge in [0.25, 0.3) is 0 Å². The van der Waals surface area contributed by atoms with Crippen molar-refractivity contribution in [2.24, 2.45) is 0 Å². The van der Waals surface area contributed by atoms with Crippen LogP contribution in [0, 0.1) is 0 Å². The molecule has 0 aromatic carbocycles. The number of nitrogens with zero attached hydrogens (tertiary/aromatic N) is 4. The molecule has 0 radical (unpaired) electrons. The summed E-state index contributed by atoms with van der Waals surface area (Å²) >= 11 is 2.67. The maximum absolute atomic E-state index is 12.2. The molecule has 0 amide bonds. The van der Waals surface area contributed by atoms with E-state index in [1.807, 2.05) is 11.4 Å². The van der Waals surface area contributed by atoms with Crippen LogP contribution in [-0.4, -0.2) is 32.9 Å². The van der Waals surface area contributed by atoms with E-state index in [9.17, 15) is 9.59 Å². The topological polar surface area (TPSA) is 79.0 Å². The summed E-state index contributed by atoms with van der Waals surface area (Å²) in [5.74, 6) is -0.418. The van der Waals surface area contributed by atoms with E-state index in [1.54, 1.807) is 17.5 Å². The number of ether oxygens (including phenoxy) is 1. The molecule has 0 aliphatic heterocycles. The van der Waals surface area contributed by atoms with Gasteiger partial charge in [0.15, 0.2) is 0 Å². The van der Waals surface area contributed by atoms with Gasteiger partial charge in [0, 0.05) is 0 Å². The first-order chi connectivity index (χ1) is 10.2. The van der Waals surface area contributed by atoms with E-state index in [-0.39, 0.29) is 12.2 Å². The number of esters is 1. The fourth-order valence-electron chi connectivity index (χ4n) is 1.80. The highest BCUT2D eigenvalue weighted by molar-refractivity contribution is 7.12. The third kappa shape index (κ3) is 2.52. The van der Waals surface area contributed by atoms with Crippen molar-refractivity contribution in [2.45, 2.75) is 6.54 Å². The molecule has 0 N–H and O–H groups in total. The molecule has 0 saturated carbocycles. The van der Waals surface area contributed by atoms with Crippen molar-refractivity contribution < 1.29 is 9.53 Å². The van der Waals surface area contributed by atoms with Gasteiger partial charge in [-0.05, 0) is 44.9 Å². The van der Waals surface area contributed by atoms with Crippen LogP contribution < -0.4 is 5.69 Å². The molecule has 7 nitrogen and oxygen atoms in total. The molecule has 9 heteroatoms. The molecule has 3 heterocycles. The maximum Gasteiger partial charge on any atom is 0.369 e. The van der Waals surface area contributed by atoms with E-state index < -0.39 is 5.97 Å². The second kappa shape index (κ2) is 5.62. The summed E-state index contributed by atoms with van der Waals surface area (Å²) in [4.78, 5) is 24.3. The predicted octanol–water partition coefficient (Wildman–Crippen LogP) is 1.39. The zero-order chi connectivity index (χ0) is 14.8. The summed E-state index contributed by atoms with van der Waals surface area (Å²) < 4.78 is 7.16. The Morgan fingerprint density at radius 2 is 2.14 bits per heavy atom. The summed E-state index contributed by atoms with van der Waals surface area (Å²) in [5, 5.41) is 12.0. The normalized spacial score (nSPS) is 10.7. The Morgan fingerprint density at radius 1 is 1.29 bits per heavy atom. The van der Waals surface area contributed by atoms with Crippen LogP contribution >= 0.6 is 22.7 Å². The van der Waals surface area contributed by atoms with E-state index >= 15 is 0 Å². The minimum atomic E-state index is -0.418. The molecule has 21 heavy (non-hydrogen) atoms. The number of hydrogen-bond acceptors (Lipinski definition) is 7. The summed E-state index contributed by atoms with van der Waals surface area (Å²) in [6.07, 6.45) is 0. The molecule has 0 unspecified atom stereocenters. The lowest BCUT2D eigenvalue weighted by Crippen LogP contribution is -2.24. The number of tetrazole rings is 1. The molecule has 3 rings (SSSR count). The average Bonchev–Trinajstić information content (AvgIpc) is 3.21. The summed E-state index contributed by atoms with van der Waals surface area (Å²) in [6.45, 7) is 0.179. The summed E-state index contributed by atoms with van der Waals surface area (Å²) in [6, 6.07) is 5.39. The molecule has 0 spiro atoms. The zero-order valence-corrected chi connectivity index (χ0v) is 12.6. The van der Waals surface area contributed by atoms with Crippen LogP contribution in [0.3, 0.4) is 0 Å². The smallest absolute Gasteiger partial charge is 0.369 e. The van der Waals surface area contributed by atoms with Gasteiger partial charge in [-0.15, -0.1) is 22.7 Å². The number of hydrogen-bond donors (Lipinski definition) is 0. The van der Waals surface area contributed by atoms with Crippen LogP contribution in [0.25, 0.3) is 5.00 Å². The van der Waals surface area contributed by atoms with Crippen LogP contribution in [0.4, 0.5) is 0 Å². The molecule has 0 bridgehead atoms. The van der Waals surface area contributed by atoms with E-state index in [2.05, 4.69) is 10.4 Å². The third-order valence-electron chi connectivity index (χ3n) is 2.79. The highest BCUT2D eigenvalue weighted by atomic mass is 32.1. The lowest BCUT2D eigenvalue weighted by atomic mass is 10.2. The quantitative estimate of drug-likeness (QED) is 0.678. The Balaban J connectivity index is 1.92. The Bertz CT molecular complexity index is 816. The van der Waals surface area contributed by atoms with E-state index in [0.717, 1.165) is 0 Å². The lowest BCUT2D eigenvalue weighted by Gasteiger charge is -2.00. The van der Waals surface area contributed by atoms with Gasteiger partial charge < -0.3 is 4.74 Å². The fourth-order valence-corrected chi connectivity index (χ4v) is 3.30. The number of carbonyl (C=O) groups excluding carboxylic acids is 1. The van der Waals surface area contributed by atoms with Gasteiger partial charge in [0.2, 0.25) is 0 Å². The molecule has 0 atom stereocenters. The van der Waals surface area contributed by atoms with Crippen molar-refractivity contribution in [3.05, 3.63) is 49.9 Å². The monoisotopic (exact) mass is 322 g/mol. The maximum atomic E-state index is 12.2. The molecule has 3 aromatic heterocycles. The first-order valence-electron chi connectivity index (χ1n) is 5.92. The highest BCUT2D eigenvalue weighted by Crippen LogP contribution is 2.18. The number of aromatic nitrogens is 4. The first-order valence-corrected chi connectivity index (χ1v) is 7.68. The number of thiophene rings is 2. The standard InChI is InChI=1S/C12H10N4O3S2/c1-19-11(17)10-8(4-6-21-10)7-15-12(18)16(14-13-15)9-3-2-5-20-9/h2-6H,7H2,1H3. The second-order valence-electron chi connectivity index (χ2n) is 4.05. The van der Waals surface area contributed by atoms with Gasteiger partial charge in [-0.25, -0.2) is 9.59 Å². The molecular weight excluding hydrogens is 312 g/mol. The second-order valence-corrected chi connectivity index (χ2v) is 5.89. The Hall–Kier alpha value is -2.26. The van der Waals surface area contributed by atoms with Gasteiger partial charge in [-0.1, -0.05) is 0 Å². The number of carbonyl (C=O) groups is 1. The van der Waals surface area contributed by atoms with E-state index in [4.69, 9.17) is 4.74 Å². The van der Waals surface area contributed by atoms with Crippen LogP contribution in [0.1, 0.15) is 15.2 Å². The Morgan fingerprint density at radius 3 is 2.86 bits per heavy atom. The van der Waals surface area contributed by atoms with Gasteiger partial charge in [-0.3, -0.25) is 0 Å². The van der Waals surface area contributed by atoms with Gasteiger partial charge in [0.05, 0.1) is 13.7 Å². The fraction of sp³-hybridized carbons (Fsp3) is 0.167. The molecular formula is C12H10N4O3S2. The minimum absolute atomic E-state index is 0.179. The van der Waals surface area contributed by atoms with Crippen molar-refractivity contribution in [1.29, 1.82) is 0 Å². The molecule has 3 aromatic rings. The van der Waals surface area contributed by atoms with Crippen LogP contribution in [0.15, 0.2) is 33.8 Å². The number of rotatable bonds is 4. The summed E-state index contributed by atoms with van der Waals surface area (Å²) in [7, 11) is 1.32. The van der Waals surface area contributed by atoms with Crippen LogP contribution in [0.5, 0.6) is 0 Å². The zero-order valence-electron chi connectivity index (χ0n) is 10.9. The molecule has 0 aliphatic carbocycles. The van der Waals surface area contributed by atoms with Crippen molar-refractivity contribution in [1.82, 2.24) is 19.8 Å². The Kier molecular flexibility index (Phi) is 3.67. The molecule has 0 fully saturated rings. The van der Waals surface area contributed by atoms with Gasteiger partial charge in [0.1, 0.15) is 9.88 Å². The lowest BCUT2D eigenvalue weighted by molar-refractivity contribution is 0.0605. The van der Waals surface area contributed by atoms with Gasteiger partial charge in [-0.2, -0.15) is 9.36 Å². The van der Waals surface area contributed by atoms with Crippen LogP contribution in [0.2, 0.25) is 0 Å². The molecule has 108 valence electrons. The molecule has 0 saturated heterocycles. The first kappa shape index (κ1) is 13.7. The van der Waals surface area contributed by atoms with E-state index in [0.29, 0.717) is 15.4 Å². The Labute approximate surface area is 127 Å². The van der Waals surface area contributed by atoms with Crippen molar-refractivity contribution in [3.8, 4) is 5.00 Å². The third-order valence-corrected chi connectivity index (χ3v) is 4.57. The van der Waals surface area contributed by atoms with Crippen molar-refractivity contribution in [2.75, 3.05) is 7.11 Å². The highest BCUT2D eigenvalue weighted by Gasteiger charge is 2.16. The largest absolute Gasteiger partial charge is 0.465 e. The average molecular weight is 322 g/mol. The SMILES string of the molecule is COC(=O)c1sccc1Cn1nnn(-c2cccs2)c1=O. The van der Waals surface area contributed by atoms with Crippen LogP contribution in [-0.2, 0) is 11.3 Å². The predicted molar refractivity (Wildman–Crippen MR) is 78.3 cm³/mol. The van der Waals surface area contributed by atoms with Gasteiger partial charge >= 0.3 is 11.7 Å². The molecule has 0 aliphatic rings. The van der Waals surface area contributed by atoms with Crippen molar-refractivity contribution >= 4 is 28.6 Å². The number of methoxy groups -OCH3 is 1. The van der Waals surface area contributed by atoms with Crippen molar-refractivity contribution in [3.63, 3.8) is 0 Å². The summed E-state index contributed by atoms with van der Waals surface area (Å²) in [5.41, 5.74) is 0.339.